The SMILES string of the molecule is C[Si](C)(C)CCCOCC(O)CS(=O)(=O)[O-]. The van der Waals surface area contributed by atoms with E-state index in [1.165, 1.54) is 0 Å². The average Bonchev–Trinajstić information content (AvgIpc) is 1.97. The first-order valence-electron chi connectivity index (χ1n) is 5.29. The second-order valence-electron chi connectivity index (χ2n) is 5.12. The molecule has 0 aromatic carbocycles. The van der Waals surface area contributed by atoms with E-state index in [9.17, 15) is 13.0 Å². The van der Waals surface area contributed by atoms with E-state index in [1.807, 2.05) is 0 Å². The zero-order valence-corrected chi connectivity index (χ0v) is 11.9. The van der Waals surface area contributed by atoms with E-state index >= 15 is 0 Å². The van der Waals surface area contributed by atoms with Crippen molar-refractivity contribution < 1.29 is 22.8 Å². The summed E-state index contributed by atoms with van der Waals surface area (Å²) in [6, 6.07) is 1.13. The van der Waals surface area contributed by atoms with Crippen LogP contribution >= 0.6 is 0 Å². The molecule has 0 amide bonds. The molecule has 0 aliphatic carbocycles. The van der Waals surface area contributed by atoms with Crippen LogP contribution in [0.25, 0.3) is 0 Å². The summed E-state index contributed by atoms with van der Waals surface area (Å²) >= 11 is 0. The lowest BCUT2D eigenvalue weighted by Crippen LogP contribution is -2.26. The summed E-state index contributed by atoms with van der Waals surface area (Å²) in [4.78, 5) is 0. The van der Waals surface area contributed by atoms with Gasteiger partial charge in [0.1, 0.15) is 0 Å². The lowest BCUT2D eigenvalue weighted by atomic mass is 10.4. The van der Waals surface area contributed by atoms with Gasteiger partial charge in [-0.1, -0.05) is 25.7 Å². The second-order valence-corrected chi connectivity index (χ2v) is 12.2. The third-order valence-electron chi connectivity index (χ3n) is 1.92. The van der Waals surface area contributed by atoms with Gasteiger partial charge < -0.3 is 14.4 Å². The minimum atomic E-state index is -4.36. The summed E-state index contributed by atoms with van der Waals surface area (Å²) in [5.41, 5.74) is 0. The Kier molecular flexibility index (Phi) is 6.72. The molecule has 7 heteroatoms. The van der Waals surface area contributed by atoms with Crippen LogP contribution in [0.5, 0.6) is 0 Å². The van der Waals surface area contributed by atoms with Gasteiger partial charge in [0.2, 0.25) is 0 Å². The molecule has 0 aromatic rings. The van der Waals surface area contributed by atoms with E-state index in [2.05, 4.69) is 19.6 Å². The summed E-state index contributed by atoms with van der Waals surface area (Å²) in [5.74, 6) is -0.777. The Labute approximate surface area is 98.6 Å². The van der Waals surface area contributed by atoms with Gasteiger partial charge in [0, 0.05) is 14.7 Å². The maximum absolute atomic E-state index is 10.3. The smallest absolute Gasteiger partial charge is 0.0972 e. The number of rotatable bonds is 8. The van der Waals surface area contributed by atoms with E-state index in [-0.39, 0.29) is 6.61 Å². The van der Waals surface area contributed by atoms with Crippen molar-refractivity contribution in [2.45, 2.75) is 38.2 Å². The van der Waals surface area contributed by atoms with Crippen molar-refractivity contribution >= 4 is 18.2 Å². The van der Waals surface area contributed by atoms with Gasteiger partial charge >= 0.3 is 0 Å². The Morgan fingerprint density at radius 3 is 2.38 bits per heavy atom. The number of aliphatic hydroxyl groups is 1. The summed E-state index contributed by atoms with van der Waals surface area (Å²) in [6.07, 6.45) is -0.304. The highest BCUT2D eigenvalue weighted by atomic mass is 32.2. The van der Waals surface area contributed by atoms with Crippen molar-refractivity contribution in [1.29, 1.82) is 0 Å². The third-order valence-corrected chi connectivity index (χ3v) is 4.57. The maximum Gasteiger partial charge on any atom is 0.0972 e. The Bertz CT molecular complexity index is 283. The predicted octanol–water partition coefficient (Wildman–Crippen LogP) is 0.637. The highest BCUT2D eigenvalue weighted by molar-refractivity contribution is 7.85. The van der Waals surface area contributed by atoms with Gasteiger partial charge in [0.25, 0.3) is 0 Å². The number of hydrogen-bond acceptors (Lipinski definition) is 5. The van der Waals surface area contributed by atoms with Crippen LogP contribution in [-0.4, -0.2) is 51.2 Å². The maximum atomic E-state index is 10.3. The highest BCUT2D eigenvalue weighted by Gasteiger charge is 2.12. The van der Waals surface area contributed by atoms with E-state index in [4.69, 9.17) is 9.84 Å². The third kappa shape index (κ3) is 12.1. The fourth-order valence-electron chi connectivity index (χ4n) is 1.21. The van der Waals surface area contributed by atoms with Crippen molar-refractivity contribution in [2.75, 3.05) is 19.0 Å². The van der Waals surface area contributed by atoms with Crippen molar-refractivity contribution in [1.82, 2.24) is 0 Å². The van der Waals surface area contributed by atoms with E-state index in [1.54, 1.807) is 0 Å². The van der Waals surface area contributed by atoms with Gasteiger partial charge in [-0.25, -0.2) is 8.42 Å². The monoisotopic (exact) mass is 269 g/mol. The Morgan fingerprint density at radius 2 is 1.94 bits per heavy atom. The molecule has 0 aliphatic rings. The molecule has 5 nitrogen and oxygen atoms in total. The first-order valence-corrected chi connectivity index (χ1v) is 10.6. The number of ether oxygens (including phenoxy) is 1. The molecule has 0 bridgehead atoms. The number of aliphatic hydroxyl groups excluding tert-OH is 1. The fourth-order valence-corrected chi connectivity index (χ4v) is 2.98. The Morgan fingerprint density at radius 1 is 1.38 bits per heavy atom. The van der Waals surface area contributed by atoms with E-state index in [0.29, 0.717) is 6.61 Å². The van der Waals surface area contributed by atoms with Crippen LogP contribution in [0.15, 0.2) is 0 Å². The summed E-state index contributed by atoms with van der Waals surface area (Å²) in [6.45, 7) is 7.18. The molecule has 0 radical (unpaired) electrons. The fraction of sp³-hybridized carbons (Fsp3) is 1.00. The topological polar surface area (TPSA) is 86.7 Å². The molecule has 1 atom stereocenters. The van der Waals surface area contributed by atoms with Gasteiger partial charge in [-0.05, 0) is 6.42 Å². The van der Waals surface area contributed by atoms with Gasteiger partial charge in [-0.15, -0.1) is 0 Å². The summed E-state index contributed by atoms with van der Waals surface area (Å²) in [7, 11) is -5.42. The second kappa shape index (κ2) is 6.70. The van der Waals surface area contributed by atoms with Gasteiger partial charge in [-0.2, -0.15) is 0 Å². The Hall–Kier alpha value is 0.0469. The molecular formula is C9H21O5SSi-. The van der Waals surface area contributed by atoms with Gasteiger partial charge in [0.15, 0.2) is 0 Å². The highest BCUT2D eigenvalue weighted by Crippen LogP contribution is 2.10. The molecule has 16 heavy (non-hydrogen) atoms. The molecule has 0 rings (SSSR count). The lowest BCUT2D eigenvalue weighted by Gasteiger charge is -2.16. The normalized spacial score (nSPS) is 15.1. The van der Waals surface area contributed by atoms with Crippen LogP contribution in [0.3, 0.4) is 0 Å². The average molecular weight is 269 g/mol. The van der Waals surface area contributed by atoms with Crippen LogP contribution in [0.4, 0.5) is 0 Å². The largest absolute Gasteiger partial charge is 0.748 e. The van der Waals surface area contributed by atoms with Crippen LogP contribution in [0.1, 0.15) is 6.42 Å². The van der Waals surface area contributed by atoms with Crippen molar-refractivity contribution in [2.24, 2.45) is 0 Å². The first kappa shape index (κ1) is 16.0. The molecule has 0 aliphatic heterocycles. The molecule has 0 saturated carbocycles. The zero-order valence-electron chi connectivity index (χ0n) is 10.1. The Balaban J connectivity index is 3.53. The van der Waals surface area contributed by atoms with Crippen molar-refractivity contribution in [3.05, 3.63) is 0 Å². The van der Waals surface area contributed by atoms with Crippen LogP contribution < -0.4 is 0 Å². The lowest BCUT2D eigenvalue weighted by molar-refractivity contribution is 0.0473. The van der Waals surface area contributed by atoms with E-state index in [0.717, 1.165) is 12.5 Å². The molecule has 1 unspecified atom stereocenters. The molecule has 0 saturated heterocycles. The molecule has 0 aromatic heterocycles. The summed E-state index contributed by atoms with van der Waals surface area (Å²) < 4.78 is 36.0. The quantitative estimate of drug-likeness (QED) is 0.397. The predicted molar refractivity (Wildman–Crippen MR) is 64.2 cm³/mol. The minimum absolute atomic E-state index is 0.0901. The molecular weight excluding hydrogens is 248 g/mol. The molecule has 1 N–H and O–H groups in total. The molecule has 0 fully saturated rings. The van der Waals surface area contributed by atoms with Crippen LogP contribution in [-0.2, 0) is 14.9 Å². The minimum Gasteiger partial charge on any atom is -0.748 e. The zero-order chi connectivity index (χ0) is 12.8. The molecule has 0 heterocycles. The number of hydrogen-bond donors (Lipinski definition) is 1. The first-order chi connectivity index (χ1) is 7.10. The van der Waals surface area contributed by atoms with E-state index < -0.39 is 30.0 Å². The summed E-state index contributed by atoms with van der Waals surface area (Å²) in [5, 5.41) is 9.15. The van der Waals surface area contributed by atoms with Gasteiger partial charge in [0.05, 0.1) is 28.6 Å². The molecule has 98 valence electrons. The van der Waals surface area contributed by atoms with Crippen LogP contribution in [0, 0.1) is 0 Å². The van der Waals surface area contributed by atoms with Crippen molar-refractivity contribution in [3.8, 4) is 0 Å². The van der Waals surface area contributed by atoms with Crippen LogP contribution in [0.2, 0.25) is 25.7 Å². The van der Waals surface area contributed by atoms with Gasteiger partial charge in [-0.3, -0.25) is 0 Å². The van der Waals surface area contributed by atoms with Crippen molar-refractivity contribution in [3.63, 3.8) is 0 Å². The molecule has 0 spiro atoms. The standard InChI is InChI=1S/C9H22O5SSi/c1-16(2,3)6-4-5-14-7-9(10)8-15(11,12)13/h9-10H,4-8H2,1-3H3,(H,11,12,13)/p-1.